The molecule has 0 aliphatic heterocycles. The Labute approximate surface area is 292 Å². The van der Waals surface area contributed by atoms with Gasteiger partial charge in [-0.15, -0.1) is 20.5 Å². The topological polar surface area (TPSA) is 152 Å². The standard InChI is InChI=1S/2C19H22N4O2/c2*1-25-17-13-15(22-23-18-9-5-6-12-20-18)10-11-16(17)21-19(24)14-7-3-2-4-8-14/h2*5-6,9-14H,2-4,7-8H2,1H3,(H,21,24)/b23-22+;23-22-. The Morgan fingerprint density at radius 2 is 1.00 bits per heavy atom. The van der Waals surface area contributed by atoms with Crippen LogP contribution in [0, 0.1) is 11.8 Å². The van der Waals surface area contributed by atoms with E-state index in [0.717, 1.165) is 51.4 Å². The van der Waals surface area contributed by atoms with E-state index < -0.39 is 0 Å². The fourth-order valence-electron chi connectivity index (χ4n) is 5.93. The Kier molecular flexibility index (Phi) is 13.5. The van der Waals surface area contributed by atoms with Crippen molar-refractivity contribution >= 4 is 46.2 Å². The van der Waals surface area contributed by atoms with Gasteiger partial charge >= 0.3 is 0 Å². The minimum atomic E-state index is 0.0702. The Morgan fingerprint density at radius 1 is 0.580 bits per heavy atom. The Hall–Kier alpha value is -5.52. The van der Waals surface area contributed by atoms with Crippen molar-refractivity contribution < 1.29 is 19.1 Å². The fourth-order valence-corrected chi connectivity index (χ4v) is 5.93. The number of benzene rings is 2. The van der Waals surface area contributed by atoms with Crippen molar-refractivity contribution in [3.05, 3.63) is 85.2 Å². The van der Waals surface area contributed by atoms with Crippen LogP contribution < -0.4 is 20.1 Å². The van der Waals surface area contributed by atoms with Crippen LogP contribution in [0.4, 0.5) is 34.4 Å². The summed E-state index contributed by atoms with van der Waals surface area (Å²) in [5.41, 5.74) is 2.60. The normalized spacial score (nSPS) is 15.2. The highest BCUT2D eigenvalue weighted by atomic mass is 16.5. The molecule has 50 heavy (non-hydrogen) atoms. The van der Waals surface area contributed by atoms with E-state index in [1.807, 2.05) is 24.3 Å². The second-order valence-electron chi connectivity index (χ2n) is 12.2. The van der Waals surface area contributed by atoms with Gasteiger partial charge in [-0.2, -0.15) is 0 Å². The number of hydrogen-bond acceptors (Lipinski definition) is 10. The maximum atomic E-state index is 12.4. The number of carbonyl (C=O) groups excluding carboxylic acids is 2. The number of pyridine rings is 2. The van der Waals surface area contributed by atoms with E-state index in [4.69, 9.17) is 9.47 Å². The summed E-state index contributed by atoms with van der Waals surface area (Å²) < 4.78 is 10.8. The van der Waals surface area contributed by atoms with Gasteiger partial charge in [0.1, 0.15) is 11.5 Å². The van der Waals surface area contributed by atoms with Gasteiger partial charge in [0.2, 0.25) is 11.8 Å². The predicted octanol–water partition coefficient (Wildman–Crippen LogP) is 10.0. The zero-order valence-corrected chi connectivity index (χ0v) is 28.6. The SMILES string of the molecule is COc1cc(/N=N/c2ccccn2)ccc1NC(=O)C1CCCCC1.COc1cc(/N=N\c2ccccn2)ccc1NC(=O)C1CCCCC1. The summed E-state index contributed by atoms with van der Waals surface area (Å²) >= 11 is 0. The third kappa shape index (κ3) is 10.7. The molecule has 2 N–H and O–H groups in total. The van der Waals surface area contributed by atoms with E-state index in [2.05, 4.69) is 41.1 Å². The number of azo groups is 2. The van der Waals surface area contributed by atoms with Crippen LogP contribution in [-0.4, -0.2) is 36.0 Å². The lowest BCUT2D eigenvalue weighted by Gasteiger charge is -2.21. The number of anilines is 2. The molecule has 4 aromatic rings. The number of nitrogens with one attached hydrogen (secondary N) is 2. The van der Waals surface area contributed by atoms with Crippen LogP contribution >= 0.6 is 0 Å². The minimum absolute atomic E-state index is 0.0702. The van der Waals surface area contributed by atoms with Crippen molar-refractivity contribution in [3.63, 3.8) is 0 Å². The third-order valence-electron chi connectivity index (χ3n) is 8.67. The lowest BCUT2D eigenvalue weighted by atomic mass is 9.88. The first-order chi connectivity index (χ1) is 24.5. The van der Waals surface area contributed by atoms with E-state index in [1.54, 1.807) is 75.1 Å². The Bertz CT molecular complexity index is 1610. The van der Waals surface area contributed by atoms with Crippen molar-refractivity contribution in [2.45, 2.75) is 64.2 Å². The molecule has 2 aliphatic carbocycles. The van der Waals surface area contributed by atoms with Crippen molar-refractivity contribution in [1.82, 2.24) is 9.97 Å². The molecule has 2 heterocycles. The van der Waals surface area contributed by atoms with Gasteiger partial charge in [-0.3, -0.25) is 9.59 Å². The summed E-state index contributed by atoms with van der Waals surface area (Å²) in [5.74, 6) is 2.56. The van der Waals surface area contributed by atoms with Gasteiger partial charge in [-0.25, -0.2) is 9.97 Å². The molecule has 2 saturated carbocycles. The van der Waals surface area contributed by atoms with E-state index in [0.29, 0.717) is 45.9 Å². The van der Waals surface area contributed by atoms with Gasteiger partial charge in [-0.1, -0.05) is 50.7 Å². The minimum Gasteiger partial charge on any atom is -0.494 e. The van der Waals surface area contributed by atoms with Gasteiger partial charge in [0, 0.05) is 36.4 Å². The first-order valence-corrected chi connectivity index (χ1v) is 17.2. The monoisotopic (exact) mass is 676 g/mol. The number of carbonyl (C=O) groups is 2. The molecule has 12 nitrogen and oxygen atoms in total. The predicted molar refractivity (Wildman–Crippen MR) is 193 cm³/mol. The van der Waals surface area contributed by atoms with E-state index in [9.17, 15) is 9.59 Å². The van der Waals surface area contributed by atoms with Gasteiger partial charge in [-0.05, 0) is 74.2 Å². The van der Waals surface area contributed by atoms with Crippen molar-refractivity contribution in [2.24, 2.45) is 32.3 Å². The van der Waals surface area contributed by atoms with E-state index >= 15 is 0 Å². The van der Waals surface area contributed by atoms with E-state index in [1.165, 1.54) is 12.8 Å². The zero-order valence-electron chi connectivity index (χ0n) is 28.6. The molecule has 0 unspecified atom stereocenters. The summed E-state index contributed by atoms with van der Waals surface area (Å²) in [5, 5.41) is 22.5. The summed E-state index contributed by atoms with van der Waals surface area (Å²) in [7, 11) is 3.15. The average molecular weight is 677 g/mol. The van der Waals surface area contributed by atoms with Crippen LogP contribution in [0.3, 0.4) is 0 Å². The molecule has 0 spiro atoms. The van der Waals surface area contributed by atoms with Crippen molar-refractivity contribution in [3.8, 4) is 11.5 Å². The number of aromatic nitrogens is 2. The van der Waals surface area contributed by atoms with Crippen LogP contribution in [-0.2, 0) is 9.59 Å². The molecule has 2 aromatic heterocycles. The van der Waals surface area contributed by atoms with Crippen LogP contribution in [0.15, 0.2) is 106 Å². The summed E-state index contributed by atoms with van der Waals surface area (Å²) in [6, 6.07) is 21.6. The maximum Gasteiger partial charge on any atom is 0.227 e. The van der Waals surface area contributed by atoms with Crippen LogP contribution in [0.25, 0.3) is 0 Å². The highest BCUT2D eigenvalue weighted by Crippen LogP contribution is 2.33. The summed E-state index contributed by atoms with van der Waals surface area (Å²) in [4.78, 5) is 33.0. The molecule has 12 heteroatoms. The number of methoxy groups -OCH3 is 2. The molecule has 0 atom stereocenters. The molecule has 0 saturated heterocycles. The largest absolute Gasteiger partial charge is 0.494 e. The molecule has 6 rings (SSSR count). The third-order valence-corrected chi connectivity index (χ3v) is 8.67. The molecule has 2 amide bonds. The van der Waals surface area contributed by atoms with Gasteiger partial charge in [0.15, 0.2) is 11.6 Å². The first-order valence-electron chi connectivity index (χ1n) is 17.2. The molecule has 0 radical (unpaired) electrons. The average Bonchev–Trinajstić information content (AvgIpc) is 3.18. The van der Waals surface area contributed by atoms with Crippen molar-refractivity contribution in [1.29, 1.82) is 0 Å². The lowest BCUT2D eigenvalue weighted by Crippen LogP contribution is -2.24. The number of amides is 2. The first kappa shape index (κ1) is 35.8. The summed E-state index contributed by atoms with van der Waals surface area (Å²) in [6.45, 7) is 0. The Balaban J connectivity index is 0.000000194. The molecule has 2 aliphatic rings. The van der Waals surface area contributed by atoms with Gasteiger partial charge in [0.05, 0.1) is 37.0 Å². The van der Waals surface area contributed by atoms with Crippen LogP contribution in [0.1, 0.15) is 64.2 Å². The highest BCUT2D eigenvalue weighted by molar-refractivity contribution is 5.95. The molecule has 260 valence electrons. The molecule has 0 bridgehead atoms. The molecule has 2 fully saturated rings. The van der Waals surface area contributed by atoms with Gasteiger partial charge < -0.3 is 20.1 Å². The fraction of sp³-hybridized carbons (Fsp3) is 0.368. The van der Waals surface area contributed by atoms with Crippen molar-refractivity contribution in [2.75, 3.05) is 24.9 Å². The quantitative estimate of drug-likeness (QED) is 0.159. The lowest BCUT2D eigenvalue weighted by molar-refractivity contribution is -0.121. The number of nitrogens with zero attached hydrogens (tertiary/aromatic N) is 6. The van der Waals surface area contributed by atoms with Crippen LogP contribution in [0.5, 0.6) is 11.5 Å². The number of ether oxygens (including phenoxy) is 2. The zero-order chi connectivity index (χ0) is 35.0. The number of rotatable bonds is 10. The summed E-state index contributed by atoms with van der Waals surface area (Å²) in [6.07, 6.45) is 14.1. The van der Waals surface area contributed by atoms with Crippen LogP contribution in [0.2, 0.25) is 0 Å². The smallest absolute Gasteiger partial charge is 0.227 e. The highest BCUT2D eigenvalue weighted by Gasteiger charge is 2.23. The molecular formula is C38H44N8O4. The Morgan fingerprint density at radius 3 is 1.36 bits per heavy atom. The maximum absolute atomic E-state index is 12.4. The van der Waals surface area contributed by atoms with Gasteiger partial charge in [0.25, 0.3) is 0 Å². The second-order valence-corrected chi connectivity index (χ2v) is 12.2. The number of hydrogen-bond donors (Lipinski definition) is 2. The molecule has 2 aromatic carbocycles. The molecular weight excluding hydrogens is 632 g/mol. The second kappa shape index (κ2) is 18.9. The van der Waals surface area contributed by atoms with E-state index in [-0.39, 0.29) is 23.7 Å².